The lowest BCUT2D eigenvalue weighted by Gasteiger charge is -2.48. The summed E-state index contributed by atoms with van der Waals surface area (Å²) in [5, 5.41) is 1.44. The second kappa shape index (κ2) is 10.1. The molecular formula is C45H47BN2OS. The fraction of sp³-hybridized carbons (Fsp3) is 0.378. The van der Waals surface area contributed by atoms with Crippen LogP contribution < -0.4 is 20.7 Å². The van der Waals surface area contributed by atoms with Gasteiger partial charge in [0.2, 0.25) is 0 Å². The summed E-state index contributed by atoms with van der Waals surface area (Å²) in [5.74, 6) is 0. The van der Waals surface area contributed by atoms with Gasteiger partial charge in [0.05, 0.1) is 16.8 Å². The SMILES string of the molecule is Cc1cc2c3c(c1)N(c1ccccc1)c1cc4c5c(sc4cc1B3C1=C(N2c2ccccc2)C2(C)CCCCC2(C)O1)C(C)(C)CCC5(C)C. The largest absolute Gasteiger partial charge is 0.498 e. The van der Waals surface area contributed by atoms with Crippen molar-refractivity contribution in [3.05, 3.63) is 112 Å². The third-order valence-electron chi connectivity index (χ3n) is 13.5. The van der Waals surface area contributed by atoms with Crippen LogP contribution in [0.3, 0.4) is 0 Å². The predicted octanol–water partition coefficient (Wildman–Crippen LogP) is 11.2. The van der Waals surface area contributed by atoms with Crippen molar-refractivity contribution < 1.29 is 4.74 Å². The van der Waals surface area contributed by atoms with Gasteiger partial charge in [-0.2, -0.15) is 0 Å². The number of anilines is 5. The van der Waals surface area contributed by atoms with Crippen molar-refractivity contribution in [1.29, 1.82) is 0 Å². The molecule has 0 spiro atoms. The summed E-state index contributed by atoms with van der Waals surface area (Å²) < 4.78 is 8.99. The Hall–Kier alpha value is -3.96. The Labute approximate surface area is 302 Å². The minimum atomic E-state index is -0.253. The Morgan fingerprint density at radius 2 is 1.30 bits per heavy atom. The molecule has 4 aromatic carbocycles. The molecule has 5 heteroatoms. The summed E-state index contributed by atoms with van der Waals surface area (Å²) in [5.41, 5.74) is 14.4. The smallest absolute Gasteiger partial charge is 0.296 e. The normalized spacial score (nSPS) is 25.5. The maximum Gasteiger partial charge on any atom is 0.296 e. The van der Waals surface area contributed by atoms with E-state index in [1.165, 1.54) is 92.1 Å². The van der Waals surface area contributed by atoms with Crippen molar-refractivity contribution in [3.8, 4) is 0 Å². The molecule has 1 aromatic heterocycles. The van der Waals surface area contributed by atoms with Crippen LogP contribution >= 0.6 is 11.3 Å². The first-order valence-electron chi connectivity index (χ1n) is 18.8. The van der Waals surface area contributed by atoms with Crippen molar-refractivity contribution in [3.63, 3.8) is 0 Å². The van der Waals surface area contributed by atoms with Gasteiger partial charge in [-0.05, 0) is 133 Å². The molecule has 3 aliphatic heterocycles. The maximum atomic E-state index is 7.57. The summed E-state index contributed by atoms with van der Waals surface area (Å²) in [6, 6.07) is 32.2. The van der Waals surface area contributed by atoms with E-state index in [4.69, 9.17) is 4.74 Å². The number of para-hydroxylation sites is 2. The number of fused-ring (bicyclic) bond motifs is 8. The average molecular weight is 675 g/mol. The van der Waals surface area contributed by atoms with Crippen LogP contribution in [0.4, 0.5) is 28.4 Å². The summed E-state index contributed by atoms with van der Waals surface area (Å²) in [7, 11) is 0. The number of ether oxygens (including phenoxy) is 1. The molecule has 0 amide bonds. The number of nitrogens with zero attached hydrogens (tertiary/aromatic N) is 2. The maximum absolute atomic E-state index is 7.57. The predicted molar refractivity (Wildman–Crippen MR) is 213 cm³/mol. The summed E-state index contributed by atoms with van der Waals surface area (Å²) in [6.07, 6.45) is 7.10. The lowest BCUT2D eigenvalue weighted by atomic mass is 9.35. The zero-order chi connectivity index (χ0) is 34.4. The van der Waals surface area contributed by atoms with E-state index in [0.29, 0.717) is 0 Å². The third kappa shape index (κ3) is 3.93. The van der Waals surface area contributed by atoms with Crippen molar-refractivity contribution >= 4 is 67.5 Å². The Balaban J connectivity index is 1.34. The number of benzene rings is 4. The van der Waals surface area contributed by atoms with Gasteiger partial charge in [-0.1, -0.05) is 77.4 Å². The molecule has 50 heavy (non-hydrogen) atoms. The van der Waals surface area contributed by atoms with Crippen LogP contribution in [0.15, 0.2) is 96.3 Å². The molecule has 0 radical (unpaired) electrons. The molecule has 2 atom stereocenters. The fourth-order valence-electron chi connectivity index (χ4n) is 10.5. The Morgan fingerprint density at radius 1 is 0.680 bits per heavy atom. The van der Waals surface area contributed by atoms with E-state index in [-0.39, 0.29) is 28.6 Å². The molecule has 3 nitrogen and oxygen atoms in total. The number of thiophene rings is 1. The molecule has 5 aromatic rings. The van der Waals surface area contributed by atoms with E-state index >= 15 is 0 Å². The molecule has 1 saturated carbocycles. The van der Waals surface area contributed by atoms with Crippen molar-refractivity contribution in [2.75, 3.05) is 9.80 Å². The minimum Gasteiger partial charge on any atom is -0.498 e. The van der Waals surface area contributed by atoms with Gasteiger partial charge in [-0.15, -0.1) is 11.3 Å². The highest BCUT2D eigenvalue weighted by atomic mass is 32.1. The average Bonchev–Trinajstić information content (AvgIpc) is 3.60. The standard InChI is InChI=1S/C45H47BN2OS/c1-28-24-34-38-35(25-28)48(30-18-12-9-13-19-30)39-41(49-45(7)21-15-14-20-44(39,45)6)46(38)32-27-36-31(26-33(32)47(34)29-16-10-8-11-17-29)37-40(50-36)43(4,5)23-22-42(37,2)3/h8-13,16-19,24-27H,14-15,20-23H2,1-7H3. The number of aryl methyl sites for hydroxylation is 1. The van der Waals surface area contributed by atoms with E-state index in [1.807, 2.05) is 0 Å². The Kier molecular flexibility index (Phi) is 6.22. The highest BCUT2D eigenvalue weighted by molar-refractivity contribution is 7.19. The van der Waals surface area contributed by atoms with Crippen LogP contribution in [-0.4, -0.2) is 12.3 Å². The lowest BCUT2D eigenvalue weighted by molar-refractivity contribution is -0.0559. The molecule has 2 unspecified atom stereocenters. The highest BCUT2D eigenvalue weighted by Gasteiger charge is 2.63. The first kappa shape index (κ1) is 30.8. The van der Waals surface area contributed by atoms with E-state index < -0.39 is 0 Å². The van der Waals surface area contributed by atoms with Crippen LogP contribution in [-0.2, 0) is 15.6 Å². The minimum absolute atomic E-state index is 0.0225. The van der Waals surface area contributed by atoms with E-state index in [9.17, 15) is 0 Å². The molecular weight excluding hydrogens is 627 g/mol. The van der Waals surface area contributed by atoms with Crippen LogP contribution in [0.1, 0.15) is 96.1 Å². The molecule has 2 aliphatic carbocycles. The molecule has 252 valence electrons. The third-order valence-corrected chi connectivity index (χ3v) is 15.0. The van der Waals surface area contributed by atoms with E-state index in [0.717, 1.165) is 12.8 Å². The molecule has 4 heterocycles. The van der Waals surface area contributed by atoms with E-state index in [2.05, 4.69) is 155 Å². The van der Waals surface area contributed by atoms with Gasteiger partial charge in [-0.3, -0.25) is 0 Å². The van der Waals surface area contributed by atoms with Crippen molar-refractivity contribution in [1.82, 2.24) is 0 Å². The van der Waals surface area contributed by atoms with Gasteiger partial charge in [0, 0.05) is 38.0 Å². The molecule has 0 N–H and O–H groups in total. The van der Waals surface area contributed by atoms with Crippen molar-refractivity contribution in [2.24, 2.45) is 5.41 Å². The fourth-order valence-corrected chi connectivity index (χ4v) is 12.1. The summed E-state index contributed by atoms with van der Waals surface area (Å²) in [4.78, 5) is 6.76. The van der Waals surface area contributed by atoms with Crippen LogP contribution in [0.5, 0.6) is 0 Å². The van der Waals surface area contributed by atoms with Gasteiger partial charge in [-0.25, -0.2) is 0 Å². The number of hydrogen-bond acceptors (Lipinski definition) is 4. The monoisotopic (exact) mass is 674 g/mol. The summed E-state index contributed by atoms with van der Waals surface area (Å²) in [6.45, 7) is 17.1. The first-order valence-corrected chi connectivity index (χ1v) is 19.6. The van der Waals surface area contributed by atoms with E-state index in [1.54, 1.807) is 10.4 Å². The second-order valence-electron chi connectivity index (χ2n) is 17.6. The van der Waals surface area contributed by atoms with Gasteiger partial charge < -0.3 is 14.5 Å². The zero-order valence-electron chi connectivity index (χ0n) is 30.6. The quantitative estimate of drug-likeness (QED) is 0.173. The molecule has 0 saturated heterocycles. The molecule has 0 bridgehead atoms. The Morgan fingerprint density at radius 3 is 2.00 bits per heavy atom. The van der Waals surface area contributed by atoms with Gasteiger partial charge >= 0.3 is 0 Å². The van der Waals surface area contributed by atoms with Gasteiger partial charge in [0.25, 0.3) is 6.71 Å². The molecule has 1 fully saturated rings. The topological polar surface area (TPSA) is 15.7 Å². The molecule has 10 rings (SSSR count). The molecule has 5 aliphatic rings. The van der Waals surface area contributed by atoms with Crippen LogP contribution in [0, 0.1) is 12.3 Å². The van der Waals surface area contributed by atoms with Crippen LogP contribution in [0.25, 0.3) is 10.1 Å². The van der Waals surface area contributed by atoms with Gasteiger partial charge in [0.1, 0.15) is 5.60 Å². The van der Waals surface area contributed by atoms with Crippen LogP contribution in [0.2, 0.25) is 0 Å². The Bertz CT molecular complexity index is 2270. The second-order valence-corrected chi connectivity index (χ2v) is 18.6. The number of hydrogen-bond donors (Lipinski definition) is 0. The van der Waals surface area contributed by atoms with Crippen molar-refractivity contribution in [2.45, 2.75) is 103 Å². The summed E-state index contributed by atoms with van der Waals surface area (Å²) >= 11 is 2.05. The van der Waals surface area contributed by atoms with Gasteiger partial charge in [0.15, 0.2) is 0 Å². The number of rotatable bonds is 2. The first-order chi connectivity index (χ1) is 23.9. The lowest BCUT2D eigenvalue weighted by Crippen LogP contribution is -2.56. The zero-order valence-corrected chi connectivity index (χ0v) is 31.4. The highest BCUT2D eigenvalue weighted by Crippen LogP contribution is 2.62.